The number of amides is 1. The zero-order valence-electron chi connectivity index (χ0n) is 14.5. The molecule has 138 valence electrons. The van der Waals surface area contributed by atoms with Gasteiger partial charge in [-0.1, -0.05) is 6.92 Å². The molecular formula is C19H25F3N2O. The van der Waals surface area contributed by atoms with Crippen molar-refractivity contribution in [3.8, 4) is 0 Å². The summed E-state index contributed by atoms with van der Waals surface area (Å²) in [6, 6.07) is 3.88. The molecule has 0 bridgehead atoms. The van der Waals surface area contributed by atoms with Gasteiger partial charge in [-0.3, -0.25) is 9.69 Å². The Balaban J connectivity index is 1.74. The molecule has 1 saturated heterocycles. The van der Waals surface area contributed by atoms with Crippen molar-refractivity contribution in [2.45, 2.75) is 63.7 Å². The molecule has 1 heterocycles. The van der Waals surface area contributed by atoms with Gasteiger partial charge in [0.15, 0.2) is 0 Å². The maximum absolute atomic E-state index is 12.9. The molecule has 3 rings (SSSR count). The first-order chi connectivity index (χ1) is 11.9. The van der Waals surface area contributed by atoms with Crippen LogP contribution in [0.4, 0.5) is 13.2 Å². The number of hydrogen-bond acceptors (Lipinski definition) is 2. The van der Waals surface area contributed by atoms with E-state index in [9.17, 15) is 18.0 Å². The van der Waals surface area contributed by atoms with Crippen LogP contribution in [0.1, 0.15) is 60.5 Å². The molecule has 0 spiro atoms. The molecule has 3 nitrogen and oxygen atoms in total. The quantitative estimate of drug-likeness (QED) is 0.886. The number of hydrogen-bond donors (Lipinski definition) is 1. The molecule has 2 fully saturated rings. The fraction of sp³-hybridized carbons (Fsp3) is 0.632. The lowest BCUT2D eigenvalue weighted by molar-refractivity contribution is -0.137. The summed E-state index contributed by atoms with van der Waals surface area (Å²) in [6.45, 7) is 3.93. The summed E-state index contributed by atoms with van der Waals surface area (Å²) in [4.78, 5) is 15.1. The van der Waals surface area contributed by atoms with Crippen LogP contribution in [0, 0.1) is 0 Å². The minimum absolute atomic E-state index is 0.0950. The second-order valence-corrected chi connectivity index (χ2v) is 7.04. The summed E-state index contributed by atoms with van der Waals surface area (Å²) in [6.07, 6.45) is 1.53. The van der Waals surface area contributed by atoms with Crippen molar-refractivity contribution >= 4 is 5.91 Å². The van der Waals surface area contributed by atoms with Crippen LogP contribution < -0.4 is 5.32 Å². The second kappa shape index (κ2) is 7.36. The molecule has 0 unspecified atom stereocenters. The van der Waals surface area contributed by atoms with E-state index in [4.69, 9.17) is 0 Å². The van der Waals surface area contributed by atoms with Crippen molar-refractivity contribution in [1.29, 1.82) is 0 Å². The Morgan fingerprint density at radius 1 is 1.20 bits per heavy atom. The lowest BCUT2D eigenvalue weighted by Gasteiger charge is -2.30. The van der Waals surface area contributed by atoms with Crippen molar-refractivity contribution in [2.24, 2.45) is 0 Å². The topological polar surface area (TPSA) is 32.3 Å². The predicted octanol–water partition coefficient (Wildman–Crippen LogP) is 4.01. The highest BCUT2D eigenvalue weighted by atomic mass is 19.4. The number of nitrogens with zero attached hydrogens (tertiary/aromatic N) is 1. The molecule has 1 aromatic carbocycles. The van der Waals surface area contributed by atoms with Gasteiger partial charge < -0.3 is 5.32 Å². The molecule has 6 heteroatoms. The van der Waals surface area contributed by atoms with E-state index in [0.29, 0.717) is 23.6 Å². The molecular weight excluding hydrogens is 329 g/mol. The number of alkyl halides is 3. The Kier molecular flexibility index (Phi) is 5.37. The van der Waals surface area contributed by atoms with Crippen molar-refractivity contribution < 1.29 is 18.0 Å². The van der Waals surface area contributed by atoms with Gasteiger partial charge in [0.05, 0.1) is 5.56 Å². The van der Waals surface area contributed by atoms with E-state index >= 15 is 0 Å². The highest BCUT2D eigenvalue weighted by Gasteiger charge is 2.35. The van der Waals surface area contributed by atoms with E-state index in [1.807, 2.05) is 0 Å². The van der Waals surface area contributed by atoms with Crippen LogP contribution in [-0.2, 0) is 12.6 Å². The summed E-state index contributed by atoms with van der Waals surface area (Å²) in [5, 5.41) is 3.09. The lowest BCUT2D eigenvalue weighted by Crippen LogP contribution is -2.47. The molecule has 1 aromatic rings. The molecule has 2 atom stereocenters. The smallest absolute Gasteiger partial charge is 0.348 e. The van der Waals surface area contributed by atoms with E-state index < -0.39 is 11.7 Å². The normalized spacial score (nSPS) is 24.6. The number of benzene rings is 1. The fourth-order valence-electron chi connectivity index (χ4n) is 4.15. The summed E-state index contributed by atoms with van der Waals surface area (Å²) < 4.78 is 38.6. The number of halogens is 3. The molecule has 1 aliphatic heterocycles. The Morgan fingerprint density at radius 3 is 2.56 bits per heavy atom. The fourth-order valence-corrected chi connectivity index (χ4v) is 4.15. The lowest BCUT2D eigenvalue weighted by atomic mass is 10.00. The minimum atomic E-state index is -4.38. The number of likely N-dealkylation sites (tertiary alicyclic amines) is 1. The zero-order valence-corrected chi connectivity index (χ0v) is 14.5. The van der Waals surface area contributed by atoms with Gasteiger partial charge in [-0.15, -0.1) is 0 Å². The van der Waals surface area contributed by atoms with Crippen LogP contribution in [-0.4, -0.2) is 36.0 Å². The minimum Gasteiger partial charge on any atom is -0.348 e. The SMILES string of the molecule is CCc1cc(C(F)(F)F)ccc1C(=O)N[C@H]1CCC[C@H]1N1CCCC1. The molecule has 25 heavy (non-hydrogen) atoms. The Labute approximate surface area is 146 Å². The van der Waals surface area contributed by atoms with Crippen LogP contribution >= 0.6 is 0 Å². The number of carbonyl (C=O) groups excluding carboxylic acids is 1. The standard InChI is InChI=1S/C19H25F3N2O/c1-2-13-12-14(19(20,21)22)8-9-15(13)18(25)23-16-6-5-7-17(16)24-10-3-4-11-24/h8-9,12,16-17H,2-7,10-11H2,1H3,(H,23,25)/t16-,17+/m0/s1. The first-order valence-electron chi connectivity index (χ1n) is 9.15. The van der Waals surface area contributed by atoms with Crippen LogP contribution in [0.15, 0.2) is 18.2 Å². The molecule has 2 aliphatic rings. The van der Waals surface area contributed by atoms with Gasteiger partial charge in [0.25, 0.3) is 5.91 Å². The predicted molar refractivity (Wildman–Crippen MR) is 90.5 cm³/mol. The first kappa shape index (κ1) is 18.2. The van der Waals surface area contributed by atoms with Crippen molar-refractivity contribution in [3.05, 3.63) is 34.9 Å². The van der Waals surface area contributed by atoms with Crippen LogP contribution in [0.2, 0.25) is 0 Å². The Bertz CT molecular complexity index is 624. The van der Waals surface area contributed by atoms with E-state index in [-0.39, 0.29) is 11.9 Å². The van der Waals surface area contributed by atoms with Crippen molar-refractivity contribution in [2.75, 3.05) is 13.1 Å². The Hall–Kier alpha value is -1.56. The maximum atomic E-state index is 12.9. The average molecular weight is 354 g/mol. The number of rotatable bonds is 4. The number of aryl methyl sites for hydroxylation is 1. The third kappa shape index (κ3) is 4.00. The molecule has 1 N–H and O–H groups in total. The van der Waals surface area contributed by atoms with Gasteiger partial charge in [-0.2, -0.15) is 13.2 Å². The van der Waals surface area contributed by atoms with E-state index in [2.05, 4.69) is 10.2 Å². The van der Waals surface area contributed by atoms with Gasteiger partial charge in [-0.05, 0) is 75.4 Å². The number of nitrogens with one attached hydrogen (secondary N) is 1. The third-order valence-electron chi connectivity index (χ3n) is 5.46. The van der Waals surface area contributed by atoms with E-state index in [1.54, 1.807) is 6.92 Å². The second-order valence-electron chi connectivity index (χ2n) is 7.04. The maximum Gasteiger partial charge on any atom is 0.416 e. The van der Waals surface area contributed by atoms with Gasteiger partial charge >= 0.3 is 6.18 Å². The summed E-state index contributed by atoms with van der Waals surface area (Å²) in [5.74, 6) is -0.248. The van der Waals surface area contributed by atoms with Gasteiger partial charge in [0.1, 0.15) is 0 Å². The zero-order chi connectivity index (χ0) is 18.0. The van der Waals surface area contributed by atoms with Gasteiger partial charge in [0, 0.05) is 17.6 Å². The highest BCUT2D eigenvalue weighted by Crippen LogP contribution is 2.31. The largest absolute Gasteiger partial charge is 0.416 e. The molecule has 0 radical (unpaired) electrons. The van der Waals surface area contributed by atoms with Crippen LogP contribution in [0.25, 0.3) is 0 Å². The summed E-state index contributed by atoms with van der Waals surface area (Å²) in [7, 11) is 0. The number of carbonyl (C=O) groups is 1. The average Bonchev–Trinajstić information content (AvgIpc) is 3.24. The van der Waals surface area contributed by atoms with Crippen LogP contribution in [0.3, 0.4) is 0 Å². The monoisotopic (exact) mass is 354 g/mol. The molecule has 1 aliphatic carbocycles. The van der Waals surface area contributed by atoms with E-state index in [0.717, 1.165) is 44.5 Å². The molecule has 0 aromatic heterocycles. The third-order valence-corrected chi connectivity index (χ3v) is 5.46. The Morgan fingerprint density at radius 2 is 1.92 bits per heavy atom. The highest BCUT2D eigenvalue weighted by molar-refractivity contribution is 5.96. The van der Waals surface area contributed by atoms with Gasteiger partial charge in [0.2, 0.25) is 0 Å². The van der Waals surface area contributed by atoms with E-state index in [1.165, 1.54) is 18.9 Å². The van der Waals surface area contributed by atoms with Crippen LogP contribution in [0.5, 0.6) is 0 Å². The van der Waals surface area contributed by atoms with Crippen molar-refractivity contribution in [3.63, 3.8) is 0 Å². The molecule has 1 amide bonds. The summed E-state index contributed by atoms with van der Waals surface area (Å²) in [5.41, 5.74) is 0.113. The van der Waals surface area contributed by atoms with Gasteiger partial charge in [-0.25, -0.2) is 0 Å². The summed E-state index contributed by atoms with van der Waals surface area (Å²) >= 11 is 0. The molecule has 1 saturated carbocycles. The van der Waals surface area contributed by atoms with Crippen molar-refractivity contribution in [1.82, 2.24) is 10.2 Å². The first-order valence-corrected chi connectivity index (χ1v) is 9.15.